The maximum atomic E-state index is 12.3. The Labute approximate surface area is 108 Å². The molecule has 2 heteroatoms. The molecule has 0 saturated carbocycles. The van der Waals surface area contributed by atoms with E-state index in [1.54, 1.807) is 6.07 Å². The first kappa shape index (κ1) is 12.7. The molecule has 0 aromatic heterocycles. The highest BCUT2D eigenvalue weighted by atomic mass is 16.1. The van der Waals surface area contributed by atoms with Crippen LogP contribution in [-0.2, 0) is 0 Å². The van der Waals surface area contributed by atoms with Crippen LogP contribution in [0.4, 0.5) is 0 Å². The Balaban J connectivity index is 2.55. The fraction of sp³-hybridized carbons (Fsp3) is 0.375. The van der Waals surface area contributed by atoms with E-state index in [4.69, 9.17) is 0 Å². The van der Waals surface area contributed by atoms with Crippen LogP contribution >= 0.6 is 0 Å². The molecule has 0 saturated heterocycles. The highest BCUT2D eigenvalue weighted by molar-refractivity contribution is 6.24. The Bertz CT molecular complexity index is 548. The van der Waals surface area contributed by atoms with Crippen molar-refractivity contribution in [3.8, 4) is 0 Å². The monoisotopic (exact) mass is 242 g/mol. The molecule has 0 amide bonds. The Morgan fingerprint density at radius 3 is 2.11 bits per heavy atom. The average Bonchev–Trinajstić information content (AvgIpc) is 2.32. The zero-order chi connectivity index (χ0) is 13.4. The van der Waals surface area contributed by atoms with Gasteiger partial charge < -0.3 is 0 Å². The summed E-state index contributed by atoms with van der Waals surface area (Å²) in [5, 5.41) is 0. The molecule has 1 aromatic rings. The second-order valence-corrected chi connectivity index (χ2v) is 5.41. The van der Waals surface area contributed by atoms with Crippen molar-refractivity contribution >= 4 is 11.6 Å². The quantitative estimate of drug-likeness (QED) is 0.791. The molecule has 0 spiro atoms. The molecule has 94 valence electrons. The number of allylic oxidation sites excluding steroid dienone is 2. The maximum Gasteiger partial charge on any atom is 0.190 e. The summed E-state index contributed by atoms with van der Waals surface area (Å²) in [6.07, 6.45) is 1.50. The second-order valence-electron chi connectivity index (χ2n) is 5.41. The molecule has 0 heterocycles. The standard InChI is InChI=1S/C16H18O2/c1-9(2)11-5-6-12-14(7-11)15(17)8-13(10(3)4)16(12)18/h5-10H,1-4H3. The zero-order valence-electron chi connectivity index (χ0n) is 11.3. The van der Waals surface area contributed by atoms with E-state index in [0.29, 0.717) is 22.6 Å². The number of Topliss-reactive ketones (excluding diaryl/α,β-unsaturated/α-hetero) is 1. The fourth-order valence-corrected chi connectivity index (χ4v) is 2.19. The van der Waals surface area contributed by atoms with Gasteiger partial charge in [-0.3, -0.25) is 9.59 Å². The molecular weight excluding hydrogens is 224 g/mol. The second kappa shape index (κ2) is 4.52. The number of benzene rings is 1. The lowest BCUT2D eigenvalue weighted by molar-refractivity contribution is 0.0976. The fourth-order valence-electron chi connectivity index (χ4n) is 2.19. The normalized spacial score (nSPS) is 15.1. The number of rotatable bonds is 2. The number of carbonyl (C=O) groups excluding carboxylic acids is 2. The first-order valence-corrected chi connectivity index (χ1v) is 6.36. The maximum absolute atomic E-state index is 12.3. The van der Waals surface area contributed by atoms with Crippen molar-refractivity contribution in [2.45, 2.75) is 33.6 Å². The van der Waals surface area contributed by atoms with E-state index in [2.05, 4.69) is 13.8 Å². The van der Waals surface area contributed by atoms with E-state index >= 15 is 0 Å². The van der Waals surface area contributed by atoms with Gasteiger partial charge in [0.05, 0.1) is 0 Å². The molecule has 2 rings (SSSR count). The van der Waals surface area contributed by atoms with Crippen molar-refractivity contribution in [1.29, 1.82) is 0 Å². The highest BCUT2D eigenvalue weighted by Crippen LogP contribution is 2.28. The lowest BCUT2D eigenvalue weighted by atomic mass is 9.83. The van der Waals surface area contributed by atoms with Crippen molar-refractivity contribution in [1.82, 2.24) is 0 Å². The third-order valence-electron chi connectivity index (χ3n) is 3.39. The van der Waals surface area contributed by atoms with Gasteiger partial charge in [0.1, 0.15) is 0 Å². The van der Waals surface area contributed by atoms with Crippen LogP contribution in [0, 0.1) is 5.92 Å². The molecule has 0 fully saturated rings. The van der Waals surface area contributed by atoms with E-state index in [1.165, 1.54) is 6.08 Å². The van der Waals surface area contributed by atoms with Crippen LogP contribution in [-0.4, -0.2) is 11.6 Å². The molecule has 0 aliphatic heterocycles. The van der Waals surface area contributed by atoms with Crippen LogP contribution in [0.25, 0.3) is 0 Å². The SMILES string of the molecule is CC(C)C1=CC(=O)c2cc(C(C)C)ccc2C1=O. The van der Waals surface area contributed by atoms with Gasteiger partial charge in [0, 0.05) is 16.7 Å². The average molecular weight is 242 g/mol. The minimum absolute atomic E-state index is 0.00472. The van der Waals surface area contributed by atoms with Gasteiger partial charge in [0.2, 0.25) is 0 Å². The van der Waals surface area contributed by atoms with E-state index < -0.39 is 0 Å². The van der Waals surface area contributed by atoms with Crippen molar-refractivity contribution in [2.24, 2.45) is 5.92 Å². The lowest BCUT2D eigenvalue weighted by Crippen LogP contribution is -2.20. The molecule has 0 bridgehead atoms. The third kappa shape index (κ3) is 2.03. The first-order chi connectivity index (χ1) is 8.41. The molecule has 0 radical (unpaired) electrons. The van der Waals surface area contributed by atoms with Crippen LogP contribution in [0.1, 0.15) is 59.9 Å². The number of hydrogen-bond donors (Lipinski definition) is 0. The van der Waals surface area contributed by atoms with E-state index in [0.717, 1.165) is 5.56 Å². The summed E-state index contributed by atoms with van der Waals surface area (Å²) in [6.45, 7) is 8.02. The van der Waals surface area contributed by atoms with Crippen molar-refractivity contribution < 1.29 is 9.59 Å². The molecule has 0 atom stereocenters. The van der Waals surface area contributed by atoms with E-state index in [9.17, 15) is 9.59 Å². The molecule has 1 aliphatic carbocycles. The number of fused-ring (bicyclic) bond motifs is 1. The lowest BCUT2D eigenvalue weighted by Gasteiger charge is -2.19. The van der Waals surface area contributed by atoms with Gasteiger partial charge in [0.15, 0.2) is 11.6 Å². The Morgan fingerprint density at radius 1 is 0.889 bits per heavy atom. The van der Waals surface area contributed by atoms with Gasteiger partial charge in [-0.25, -0.2) is 0 Å². The first-order valence-electron chi connectivity index (χ1n) is 6.36. The van der Waals surface area contributed by atoms with E-state index in [1.807, 2.05) is 26.0 Å². The highest BCUT2D eigenvalue weighted by Gasteiger charge is 2.27. The molecule has 1 aromatic carbocycles. The van der Waals surface area contributed by atoms with Gasteiger partial charge in [0.25, 0.3) is 0 Å². The summed E-state index contributed by atoms with van der Waals surface area (Å²) in [6, 6.07) is 5.59. The Morgan fingerprint density at radius 2 is 1.56 bits per heavy atom. The summed E-state index contributed by atoms with van der Waals surface area (Å²) in [5.74, 6) is 0.388. The van der Waals surface area contributed by atoms with Gasteiger partial charge >= 0.3 is 0 Å². The topological polar surface area (TPSA) is 34.1 Å². The molecule has 1 aliphatic rings. The van der Waals surface area contributed by atoms with Crippen LogP contribution in [0.5, 0.6) is 0 Å². The van der Waals surface area contributed by atoms with Crippen LogP contribution in [0.2, 0.25) is 0 Å². The summed E-state index contributed by atoms with van der Waals surface area (Å²) in [7, 11) is 0. The number of carbonyl (C=O) groups is 2. The minimum atomic E-state index is -0.0456. The number of hydrogen-bond acceptors (Lipinski definition) is 2. The molecular formula is C16H18O2. The van der Waals surface area contributed by atoms with Crippen LogP contribution in [0.15, 0.2) is 29.8 Å². The third-order valence-corrected chi connectivity index (χ3v) is 3.39. The van der Waals surface area contributed by atoms with Crippen molar-refractivity contribution in [3.05, 3.63) is 46.5 Å². The van der Waals surface area contributed by atoms with Crippen LogP contribution < -0.4 is 0 Å². The molecule has 0 N–H and O–H groups in total. The van der Waals surface area contributed by atoms with Crippen molar-refractivity contribution in [3.63, 3.8) is 0 Å². The summed E-state index contributed by atoms with van der Waals surface area (Å²) in [4.78, 5) is 24.4. The van der Waals surface area contributed by atoms with E-state index in [-0.39, 0.29) is 17.5 Å². The smallest absolute Gasteiger partial charge is 0.190 e. The molecule has 18 heavy (non-hydrogen) atoms. The van der Waals surface area contributed by atoms with Crippen molar-refractivity contribution in [2.75, 3.05) is 0 Å². The predicted molar refractivity (Wildman–Crippen MR) is 72.1 cm³/mol. The van der Waals surface area contributed by atoms with Gasteiger partial charge in [-0.1, -0.05) is 39.8 Å². The Kier molecular flexibility index (Phi) is 3.20. The van der Waals surface area contributed by atoms with Crippen LogP contribution in [0.3, 0.4) is 0 Å². The minimum Gasteiger partial charge on any atom is -0.289 e. The summed E-state index contributed by atoms with van der Waals surface area (Å²) < 4.78 is 0. The van der Waals surface area contributed by atoms with Gasteiger partial charge in [-0.05, 0) is 29.5 Å². The summed E-state index contributed by atoms with van der Waals surface area (Å²) in [5.41, 5.74) is 2.81. The largest absolute Gasteiger partial charge is 0.289 e. The molecule has 2 nitrogen and oxygen atoms in total. The Hall–Kier alpha value is -1.70. The summed E-state index contributed by atoms with van der Waals surface area (Å²) >= 11 is 0. The number of ketones is 2. The van der Waals surface area contributed by atoms with Gasteiger partial charge in [-0.2, -0.15) is 0 Å². The molecule has 0 unspecified atom stereocenters. The predicted octanol–water partition coefficient (Wildman–Crippen LogP) is 3.77. The van der Waals surface area contributed by atoms with Gasteiger partial charge in [-0.15, -0.1) is 0 Å². The zero-order valence-corrected chi connectivity index (χ0v) is 11.3.